The van der Waals surface area contributed by atoms with E-state index in [0.717, 1.165) is 24.9 Å². The lowest BCUT2D eigenvalue weighted by atomic mass is 10.1. The second-order valence-electron chi connectivity index (χ2n) is 6.81. The first-order valence-corrected chi connectivity index (χ1v) is 8.87. The summed E-state index contributed by atoms with van der Waals surface area (Å²) < 4.78 is 3.03. The van der Waals surface area contributed by atoms with E-state index < -0.39 is 0 Å². The van der Waals surface area contributed by atoms with Crippen molar-refractivity contribution in [3.8, 4) is 6.07 Å². The molecule has 0 spiro atoms. The lowest BCUT2D eigenvalue weighted by molar-refractivity contribution is 0.491. The van der Waals surface area contributed by atoms with Crippen LogP contribution in [0.25, 0.3) is 11.2 Å². The summed E-state index contributed by atoms with van der Waals surface area (Å²) in [6.45, 7) is 1.64. The first-order valence-electron chi connectivity index (χ1n) is 8.87. The molecule has 3 aromatic rings. The van der Waals surface area contributed by atoms with Crippen LogP contribution in [0.3, 0.4) is 0 Å². The Balaban J connectivity index is 1.89. The molecule has 9 heteroatoms. The third-order valence-electron chi connectivity index (χ3n) is 4.91. The Morgan fingerprint density at radius 2 is 2.19 bits per heavy atom. The molecule has 2 N–H and O–H groups in total. The number of fused-ring (bicyclic) bond motifs is 1. The number of nitrogens with zero attached hydrogens (tertiary/aromatic N) is 7. The SMILES string of the molecule is Cn1nnc2nc(N3CCCC(N)C3)n(Cc3ccccc3C#N)c(=O)c21. The van der Waals surface area contributed by atoms with Gasteiger partial charge in [-0.3, -0.25) is 9.36 Å². The van der Waals surface area contributed by atoms with Gasteiger partial charge < -0.3 is 10.6 Å². The van der Waals surface area contributed by atoms with E-state index >= 15 is 0 Å². The van der Waals surface area contributed by atoms with Crippen molar-refractivity contribution in [2.75, 3.05) is 18.0 Å². The van der Waals surface area contributed by atoms with Crippen molar-refractivity contribution < 1.29 is 0 Å². The van der Waals surface area contributed by atoms with Crippen LogP contribution in [0.2, 0.25) is 0 Å². The standard InChI is InChI=1S/C18H20N8O/c1-24-15-16(22-23-24)21-18(25-8-4-7-14(20)11-25)26(17(15)27)10-13-6-3-2-5-12(13)9-19/h2-3,5-6,14H,4,7-8,10-11,20H2,1H3. The zero-order valence-corrected chi connectivity index (χ0v) is 15.0. The van der Waals surface area contributed by atoms with E-state index in [9.17, 15) is 10.1 Å². The monoisotopic (exact) mass is 364 g/mol. The number of hydrogen-bond donors (Lipinski definition) is 1. The third kappa shape index (κ3) is 3.04. The van der Waals surface area contributed by atoms with Crippen molar-refractivity contribution in [3.05, 3.63) is 45.7 Å². The highest BCUT2D eigenvalue weighted by Crippen LogP contribution is 2.20. The van der Waals surface area contributed by atoms with Crippen LogP contribution in [0.4, 0.5) is 5.95 Å². The van der Waals surface area contributed by atoms with Crippen molar-refractivity contribution in [1.82, 2.24) is 24.5 Å². The largest absolute Gasteiger partial charge is 0.341 e. The summed E-state index contributed by atoms with van der Waals surface area (Å²) in [5, 5.41) is 17.3. The van der Waals surface area contributed by atoms with Crippen LogP contribution < -0.4 is 16.2 Å². The van der Waals surface area contributed by atoms with Crippen molar-refractivity contribution >= 4 is 17.1 Å². The van der Waals surface area contributed by atoms with Crippen molar-refractivity contribution in [2.45, 2.75) is 25.4 Å². The molecule has 1 atom stereocenters. The van der Waals surface area contributed by atoms with Crippen LogP contribution >= 0.6 is 0 Å². The molecule has 1 saturated heterocycles. The Kier molecular flexibility index (Phi) is 4.33. The minimum absolute atomic E-state index is 0.0352. The Bertz CT molecular complexity index is 1090. The zero-order chi connectivity index (χ0) is 19.0. The van der Waals surface area contributed by atoms with Gasteiger partial charge in [0.2, 0.25) is 11.6 Å². The summed E-state index contributed by atoms with van der Waals surface area (Å²) in [6, 6.07) is 9.48. The molecule has 1 unspecified atom stereocenters. The third-order valence-corrected chi connectivity index (χ3v) is 4.91. The minimum Gasteiger partial charge on any atom is -0.341 e. The second-order valence-corrected chi connectivity index (χ2v) is 6.81. The Morgan fingerprint density at radius 3 is 2.96 bits per heavy atom. The fraction of sp³-hybridized carbons (Fsp3) is 0.389. The fourth-order valence-corrected chi connectivity index (χ4v) is 3.54. The van der Waals surface area contributed by atoms with Gasteiger partial charge in [0.05, 0.1) is 18.2 Å². The smallest absolute Gasteiger partial charge is 0.283 e. The Morgan fingerprint density at radius 1 is 1.37 bits per heavy atom. The average molecular weight is 364 g/mol. The number of piperidine rings is 1. The van der Waals surface area contributed by atoms with Gasteiger partial charge >= 0.3 is 0 Å². The predicted molar refractivity (Wildman–Crippen MR) is 100 cm³/mol. The van der Waals surface area contributed by atoms with E-state index in [-0.39, 0.29) is 18.1 Å². The second kappa shape index (κ2) is 6.81. The summed E-state index contributed by atoms with van der Waals surface area (Å²) in [6.07, 6.45) is 1.88. The number of nitrogens with two attached hydrogens (primary N) is 1. The maximum atomic E-state index is 13.2. The molecule has 27 heavy (non-hydrogen) atoms. The van der Waals surface area contributed by atoms with Crippen LogP contribution in [-0.4, -0.2) is 43.7 Å². The lowest BCUT2D eigenvalue weighted by Crippen LogP contribution is -2.45. The molecule has 0 bridgehead atoms. The van der Waals surface area contributed by atoms with Crippen LogP contribution in [0.15, 0.2) is 29.1 Å². The van der Waals surface area contributed by atoms with E-state index in [4.69, 9.17) is 5.73 Å². The molecule has 9 nitrogen and oxygen atoms in total. The average Bonchev–Trinajstić information content (AvgIpc) is 3.05. The van der Waals surface area contributed by atoms with E-state index in [2.05, 4.69) is 21.4 Å². The summed E-state index contributed by atoms with van der Waals surface area (Å²) in [7, 11) is 1.67. The number of aromatic nitrogens is 5. The molecule has 1 aliphatic heterocycles. The molecule has 138 valence electrons. The van der Waals surface area contributed by atoms with Crippen LogP contribution in [0.5, 0.6) is 0 Å². The van der Waals surface area contributed by atoms with Gasteiger partial charge in [-0.1, -0.05) is 23.4 Å². The maximum absolute atomic E-state index is 13.2. The van der Waals surface area contributed by atoms with Crippen molar-refractivity contribution in [1.29, 1.82) is 5.26 Å². The fourth-order valence-electron chi connectivity index (χ4n) is 3.54. The highest BCUT2D eigenvalue weighted by Gasteiger charge is 2.24. The van der Waals surface area contributed by atoms with Gasteiger partial charge in [-0.05, 0) is 24.5 Å². The summed E-state index contributed by atoms with van der Waals surface area (Å²) in [4.78, 5) is 19.9. The molecule has 2 aromatic heterocycles. The number of rotatable bonds is 3. The zero-order valence-electron chi connectivity index (χ0n) is 15.0. The van der Waals surface area contributed by atoms with E-state index in [1.807, 2.05) is 23.1 Å². The van der Waals surface area contributed by atoms with Crippen LogP contribution in [0.1, 0.15) is 24.0 Å². The molecule has 0 aliphatic carbocycles. The number of anilines is 1. The summed E-state index contributed by atoms with van der Waals surface area (Å²) >= 11 is 0. The first kappa shape index (κ1) is 17.2. The van der Waals surface area contributed by atoms with Gasteiger partial charge in [-0.25, -0.2) is 4.68 Å². The molecular formula is C18H20N8O. The molecule has 0 radical (unpaired) electrons. The highest BCUT2D eigenvalue weighted by atomic mass is 16.1. The number of nitriles is 1. The van der Waals surface area contributed by atoms with Crippen molar-refractivity contribution in [2.24, 2.45) is 12.8 Å². The topological polar surface area (TPSA) is 119 Å². The summed E-state index contributed by atoms with van der Waals surface area (Å²) in [5.41, 5.74) is 7.87. The van der Waals surface area contributed by atoms with Crippen LogP contribution in [0, 0.1) is 11.3 Å². The molecule has 1 aliphatic rings. The van der Waals surface area contributed by atoms with E-state index in [1.165, 1.54) is 4.68 Å². The molecule has 0 amide bonds. The number of aryl methyl sites for hydroxylation is 1. The molecule has 3 heterocycles. The van der Waals surface area contributed by atoms with Gasteiger partial charge in [0.15, 0.2) is 5.52 Å². The molecular weight excluding hydrogens is 344 g/mol. The van der Waals surface area contributed by atoms with Gasteiger partial charge in [-0.15, -0.1) is 5.10 Å². The molecule has 1 fully saturated rings. The first-order chi connectivity index (χ1) is 13.1. The van der Waals surface area contributed by atoms with Crippen molar-refractivity contribution in [3.63, 3.8) is 0 Å². The molecule has 1 aromatic carbocycles. The molecule has 0 saturated carbocycles. The van der Waals surface area contributed by atoms with Crippen LogP contribution in [-0.2, 0) is 13.6 Å². The minimum atomic E-state index is -0.227. The highest BCUT2D eigenvalue weighted by molar-refractivity contribution is 5.70. The maximum Gasteiger partial charge on any atom is 0.283 e. The Labute approximate surface area is 155 Å². The Hall–Kier alpha value is -3.25. The number of benzene rings is 1. The van der Waals surface area contributed by atoms with E-state index in [0.29, 0.717) is 29.2 Å². The van der Waals surface area contributed by atoms with Gasteiger partial charge in [0.25, 0.3) is 5.56 Å². The number of hydrogen-bond acceptors (Lipinski definition) is 7. The summed E-state index contributed by atoms with van der Waals surface area (Å²) in [5.74, 6) is 0.524. The van der Waals surface area contributed by atoms with E-state index in [1.54, 1.807) is 17.7 Å². The van der Waals surface area contributed by atoms with Gasteiger partial charge in [-0.2, -0.15) is 10.2 Å². The molecule has 4 rings (SSSR count). The van der Waals surface area contributed by atoms with Gasteiger partial charge in [0, 0.05) is 26.2 Å². The van der Waals surface area contributed by atoms with Gasteiger partial charge in [0.1, 0.15) is 0 Å². The quantitative estimate of drug-likeness (QED) is 0.713. The lowest BCUT2D eigenvalue weighted by Gasteiger charge is -2.32. The normalized spacial score (nSPS) is 17.2. The predicted octanol–water partition coefficient (Wildman–Crippen LogP) is 0.372.